The summed E-state index contributed by atoms with van der Waals surface area (Å²) >= 11 is 1.30. The zero-order chi connectivity index (χ0) is 13.7. The summed E-state index contributed by atoms with van der Waals surface area (Å²) in [6.45, 7) is 2.17. The minimum absolute atomic E-state index is 0.224. The predicted octanol–water partition coefficient (Wildman–Crippen LogP) is 1.53. The molecule has 6 nitrogen and oxygen atoms in total. The van der Waals surface area contributed by atoms with Crippen LogP contribution < -0.4 is 0 Å². The van der Waals surface area contributed by atoms with Gasteiger partial charge in [0.1, 0.15) is 5.69 Å². The van der Waals surface area contributed by atoms with Crippen molar-refractivity contribution in [3.8, 4) is 11.5 Å². The van der Waals surface area contributed by atoms with Gasteiger partial charge in [-0.05, 0) is 19.1 Å². The lowest BCUT2D eigenvalue weighted by atomic mass is 10.3. The van der Waals surface area contributed by atoms with E-state index in [1.807, 2.05) is 29.8 Å². The van der Waals surface area contributed by atoms with E-state index in [9.17, 15) is 4.79 Å². The molecular formula is C12H14N4O2S. The number of pyridine rings is 1. The molecule has 0 aliphatic heterocycles. The number of hydrogen-bond acceptors (Lipinski definition) is 6. The summed E-state index contributed by atoms with van der Waals surface area (Å²) in [6.07, 6.45) is 1.70. The van der Waals surface area contributed by atoms with E-state index in [1.165, 1.54) is 11.8 Å². The van der Waals surface area contributed by atoms with E-state index in [0.717, 1.165) is 5.69 Å². The zero-order valence-electron chi connectivity index (χ0n) is 10.7. The van der Waals surface area contributed by atoms with Crippen LogP contribution in [0.1, 0.15) is 6.92 Å². The lowest BCUT2D eigenvalue weighted by molar-refractivity contribution is -0.139. The number of hydrogen-bond donors (Lipinski definition) is 0. The van der Waals surface area contributed by atoms with Gasteiger partial charge in [-0.2, -0.15) is 0 Å². The lowest BCUT2D eigenvalue weighted by Crippen LogP contribution is -2.07. The maximum Gasteiger partial charge on any atom is 0.316 e. The molecule has 0 aromatic carbocycles. The van der Waals surface area contributed by atoms with Crippen molar-refractivity contribution in [2.24, 2.45) is 7.05 Å². The van der Waals surface area contributed by atoms with Gasteiger partial charge < -0.3 is 9.30 Å². The summed E-state index contributed by atoms with van der Waals surface area (Å²) in [5, 5.41) is 8.80. The van der Waals surface area contributed by atoms with E-state index in [2.05, 4.69) is 15.2 Å². The van der Waals surface area contributed by atoms with Gasteiger partial charge in [-0.3, -0.25) is 9.78 Å². The molecule has 2 aromatic rings. The fourth-order valence-corrected chi connectivity index (χ4v) is 2.19. The quantitative estimate of drug-likeness (QED) is 0.610. The Bertz CT molecular complexity index is 556. The van der Waals surface area contributed by atoms with Crippen LogP contribution in [0.25, 0.3) is 11.5 Å². The van der Waals surface area contributed by atoms with Crippen LogP contribution in [-0.4, -0.2) is 38.1 Å². The molecule has 0 aliphatic carbocycles. The maximum atomic E-state index is 11.3. The molecule has 0 spiro atoms. The number of ether oxygens (including phenoxy) is 1. The Balaban J connectivity index is 2.09. The first-order chi connectivity index (χ1) is 9.22. The molecular weight excluding hydrogens is 264 g/mol. The van der Waals surface area contributed by atoms with Crippen molar-refractivity contribution in [2.75, 3.05) is 12.4 Å². The van der Waals surface area contributed by atoms with Gasteiger partial charge in [-0.25, -0.2) is 0 Å². The Labute approximate surface area is 115 Å². The fraction of sp³-hybridized carbons (Fsp3) is 0.333. The van der Waals surface area contributed by atoms with Gasteiger partial charge in [0, 0.05) is 13.2 Å². The van der Waals surface area contributed by atoms with E-state index in [4.69, 9.17) is 4.74 Å². The smallest absolute Gasteiger partial charge is 0.316 e. The van der Waals surface area contributed by atoms with E-state index in [-0.39, 0.29) is 11.7 Å². The third-order valence-electron chi connectivity index (χ3n) is 2.35. The highest BCUT2D eigenvalue weighted by Crippen LogP contribution is 2.20. The van der Waals surface area contributed by atoms with Gasteiger partial charge in [0.05, 0.1) is 12.4 Å². The highest BCUT2D eigenvalue weighted by atomic mass is 32.2. The number of carbonyl (C=O) groups excluding carboxylic acids is 1. The molecule has 0 unspecified atom stereocenters. The Kier molecular flexibility index (Phi) is 4.51. The van der Waals surface area contributed by atoms with Crippen molar-refractivity contribution >= 4 is 17.7 Å². The van der Waals surface area contributed by atoms with Crippen LogP contribution in [0.15, 0.2) is 29.6 Å². The number of nitrogens with zero attached hydrogens (tertiary/aromatic N) is 4. The largest absolute Gasteiger partial charge is 0.465 e. The topological polar surface area (TPSA) is 69.9 Å². The maximum absolute atomic E-state index is 11.3. The number of thioether (sulfide) groups is 1. The molecule has 0 saturated carbocycles. The Hall–Kier alpha value is -1.89. The highest BCUT2D eigenvalue weighted by Gasteiger charge is 2.13. The highest BCUT2D eigenvalue weighted by molar-refractivity contribution is 7.99. The van der Waals surface area contributed by atoms with Gasteiger partial charge in [-0.1, -0.05) is 17.8 Å². The van der Waals surface area contributed by atoms with Gasteiger partial charge in [0.25, 0.3) is 0 Å². The Morgan fingerprint density at radius 2 is 2.26 bits per heavy atom. The van der Waals surface area contributed by atoms with Crippen LogP contribution in [0.2, 0.25) is 0 Å². The molecule has 0 bridgehead atoms. The Morgan fingerprint density at radius 3 is 2.95 bits per heavy atom. The number of esters is 1. The van der Waals surface area contributed by atoms with Crippen LogP contribution in [0.5, 0.6) is 0 Å². The summed E-state index contributed by atoms with van der Waals surface area (Å²) in [5.74, 6) is 0.643. The van der Waals surface area contributed by atoms with Crippen molar-refractivity contribution < 1.29 is 9.53 Å². The van der Waals surface area contributed by atoms with Crippen molar-refractivity contribution in [1.82, 2.24) is 19.7 Å². The first kappa shape index (κ1) is 13.5. The summed E-state index contributed by atoms with van der Waals surface area (Å²) in [5.41, 5.74) is 0.750. The third-order valence-corrected chi connectivity index (χ3v) is 3.35. The second-order valence-corrected chi connectivity index (χ2v) is 4.62. The van der Waals surface area contributed by atoms with E-state index < -0.39 is 0 Å². The van der Waals surface area contributed by atoms with Gasteiger partial charge in [-0.15, -0.1) is 10.2 Å². The second-order valence-electron chi connectivity index (χ2n) is 3.67. The van der Waals surface area contributed by atoms with Crippen LogP contribution in [0, 0.1) is 0 Å². The third kappa shape index (κ3) is 3.31. The van der Waals surface area contributed by atoms with Gasteiger partial charge >= 0.3 is 5.97 Å². The molecule has 2 heterocycles. The molecule has 19 heavy (non-hydrogen) atoms. The second kappa shape index (κ2) is 6.33. The molecule has 7 heteroatoms. The molecule has 2 aromatic heterocycles. The number of aromatic nitrogens is 4. The number of carbonyl (C=O) groups is 1. The van der Waals surface area contributed by atoms with Crippen LogP contribution in [0.4, 0.5) is 0 Å². The SMILES string of the molecule is CCOC(=O)CSc1nnc(-c2ccccn2)n1C. The van der Waals surface area contributed by atoms with Gasteiger partial charge in [0.2, 0.25) is 0 Å². The first-order valence-corrected chi connectivity index (χ1v) is 6.80. The summed E-state index contributed by atoms with van der Waals surface area (Å²) < 4.78 is 6.68. The van der Waals surface area contributed by atoms with Crippen molar-refractivity contribution in [2.45, 2.75) is 12.1 Å². The Morgan fingerprint density at radius 1 is 1.42 bits per heavy atom. The molecule has 0 fully saturated rings. The molecule has 0 N–H and O–H groups in total. The molecule has 0 atom stereocenters. The minimum atomic E-state index is -0.255. The van der Waals surface area contributed by atoms with Gasteiger partial charge in [0.15, 0.2) is 11.0 Å². The monoisotopic (exact) mass is 278 g/mol. The van der Waals surface area contributed by atoms with Crippen LogP contribution >= 0.6 is 11.8 Å². The molecule has 0 radical (unpaired) electrons. The molecule has 0 saturated heterocycles. The lowest BCUT2D eigenvalue weighted by Gasteiger charge is -2.03. The molecule has 0 amide bonds. The molecule has 100 valence electrons. The predicted molar refractivity (Wildman–Crippen MR) is 71.6 cm³/mol. The average molecular weight is 278 g/mol. The first-order valence-electron chi connectivity index (χ1n) is 5.81. The zero-order valence-corrected chi connectivity index (χ0v) is 11.6. The standard InChI is InChI=1S/C12H14N4O2S/c1-3-18-10(17)8-19-12-15-14-11(16(12)2)9-6-4-5-7-13-9/h4-7H,3,8H2,1-2H3. The van der Waals surface area contributed by atoms with E-state index >= 15 is 0 Å². The van der Waals surface area contributed by atoms with E-state index in [0.29, 0.717) is 17.6 Å². The number of rotatable bonds is 5. The van der Waals surface area contributed by atoms with Crippen LogP contribution in [0.3, 0.4) is 0 Å². The molecule has 2 rings (SSSR count). The summed E-state index contributed by atoms with van der Waals surface area (Å²) in [6, 6.07) is 5.60. The molecule has 0 aliphatic rings. The fourth-order valence-electron chi connectivity index (χ4n) is 1.48. The van der Waals surface area contributed by atoms with E-state index in [1.54, 1.807) is 13.1 Å². The van der Waals surface area contributed by atoms with Crippen LogP contribution in [-0.2, 0) is 16.6 Å². The van der Waals surface area contributed by atoms with Crippen molar-refractivity contribution in [3.63, 3.8) is 0 Å². The van der Waals surface area contributed by atoms with Crippen molar-refractivity contribution in [3.05, 3.63) is 24.4 Å². The minimum Gasteiger partial charge on any atom is -0.465 e. The summed E-state index contributed by atoms with van der Waals surface area (Å²) in [7, 11) is 1.84. The summed E-state index contributed by atoms with van der Waals surface area (Å²) in [4.78, 5) is 15.5. The van der Waals surface area contributed by atoms with Crippen molar-refractivity contribution in [1.29, 1.82) is 0 Å². The normalized spacial score (nSPS) is 10.4. The average Bonchev–Trinajstić information content (AvgIpc) is 2.79.